The average molecular weight is 210 g/mol. The molecule has 0 aromatic heterocycles. The first kappa shape index (κ1) is 11.4. The fourth-order valence-electron chi connectivity index (χ4n) is 1.11. The van der Waals surface area contributed by atoms with E-state index < -0.39 is 17.6 Å². The quantitative estimate of drug-likeness (QED) is 0.434. The molecule has 0 saturated carbocycles. The van der Waals surface area contributed by atoms with Crippen LogP contribution in [0.4, 0.5) is 4.39 Å². The van der Waals surface area contributed by atoms with Crippen LogP contribution in [0.3, 0.4) is 0 Å². The van der Waals surface area contributed by atoms with Crippen molar-refractivity contribution in [3.63, 3.8) is 0 Å². The maximum absolute atomic E-state index is 13.3. The molecule has 80 valence electrons. The molecule has 3 nitrogen and oxygen atoms in total. The van der Waals surface area contributed by atoms with E-state index in [1.807, 2.05) is 0 Å². The number of ether oxygens (including phenoxy) is 1. The molecule has 0 heterocycles. The summed E-state index contributed by atoms with van der Waals surface area (Å²) >= 11 is 0. The number of aryl methyl sites for hydroxylation is 1. The molecule has 0 aliphatic heterocycles. The minimum atomic E-state index is -1.03. The van der Waals surface area contributed by atoms with Crippen LogP contribution in [0, 0.1) is 12.7 Å². The summed E-state index contributed by atoms with van der Waals surface area (Å²) < 4.78 is 17.8. The van der Waals surface area contributed by atoms with Crippen molar-refractivity contribution >= 4 is 11.8 Å². The summed E-state index contributed by atoms with van der Waals surface area (Å²) in [5.41, 5.74) is 0.437. The summed E-state index contributed by atoms with van der Waals surface area (Å²) in [6.45, 7) is 3.37. The third-order valence-corrected chi connectivity index (χ3v) is 1.83. The summed E-state index contributed by atoms with van der Waals surface area (Å²) in [7, 11) is 0. The van der Waals surface area contributed by atoms with E-state index >= 15 is 0 Å². The molecule has 1 aromatic rings. The van der Waals surface area contributed by atoms with Crippen LogP contribution in [-0.2, 0) is 9.53 Å². The summed E-state index contributed by atoms with van der Waals surface area (Å²) in [5.74, 6) is -2.68. The Hall–Kier alpha value is -1.71. The van der Waals surface area contributed by atoms with Gasteiger partial charge >= 0.3 is 5.97 Å². The molecular weight excluding hydrogens is 199 g/mol. The maximum atomic E-state index is 13.3. The zero-order valence-corrected chi connectivity index (χ0v) is 8.54. The fraction of sp³-hybridized carbons (Fsp3) is 0.273. The Labute approximate surface area is 86.9 Å². The van der Waals surface area contributed by atoms with Gasteiger partial charge in [-0.05, 0) is 31.5 Å². The van der Waals surface area contributed by atoms with Crippen molar-refractivity contribution in [2.45, 2.75) is 13.8 Å². The first-order valence-electron chi connectivity index (χ1n) is 4.54. The molecule has 4 heteroatoms. The van der Waals surface area contributed by atoms with E-state index in [-0.39, 0.29) is 12.2 Å². The lowest BCUT2D eigenvalue weighted by molar-refractivity contribution is -0.137. The van der Waals surface area contributed by atoms with Crippen molar-refractivity contribution in [1.82, 2.24) is 0 Å². The second-order valence-electron chi connectivity index (χ2n) is 3.03. The van der Waals surface area contributed by atoms with Gasteiger partial charge in [0.1, 0.15) is 5.82 Å². The number of esters is 1. The van der Waals surface area contributed by atoms with Crippen LogP contribution in [0.15, 0.2) is 18.2 Å². The molecule has 1 rings (SSSR count). The Morgan fingerprint density at radius 2 is 2.07 bits per heavy atom. The molecule has 0 aliphatic rings. The van der Waals surface area contributed by atoms with Crippen LogP contribution in [0.1, 0.15) is 22.8 Å². The number of hydrogen-bond donors (Lipinski definition) is 0. The van der Waals surface area contributed by atoms with Gasteiger partial charge in [-0.1, -0.05) is 6.07 Å². The predicted octanol–water partition coefficient (Wildman–Crippen LogP) is 1.88. The van der Waals surface area contributed by atoms with Crippen LogP contribution < -0.4 is 0 Å². The normalized spacial score (nSPS) is 9.80. The van der Waals surface area contributed by atoms with Crippen LogP contribution in [-0.4, -0.2) is 18.4 Å². The number of hydrogen-bond acceptors (Lipinski definition) is 3. The van der Waals surface area contributed by atoms with Gasteiger partial charge in [0.15, 0.2) is 0 Å². The van der Waals surface area contributed by atoms with Crippen molar-refractivity contribution in [3.05, 3.63) is 35.1 Å². The van der Waals surface area contributed by atoms with Crippen molar-refractivity contribution in [1.29, 1.82) is 0 Å². The van der Waals surface area contributed by atoms with Gasteiger partial charge in [0, 0.05) is 0 Å². The molecule has 0 bridgehead atoms. The molecule has 0 radical (unpaired) electrons. The second-order valence-corrected chi connectivity index (χ2v) is 3.03. The lowest BCUT2D eigenvalue weighted by atomic mass is 10.1. The molecule has 0 N–H and O–H groups in total. The summed E-state index contributed by atoms with van der Waals surface area (Å²) in [5, 5.41) is 0. The highest BCUT2D eigenvalue weighted by molar-refractivity contribution is 6.40. The maximum Gasteiger partial charge on any atom is 0.379 e. The summed E-state index contributed by atoms with van der Waals surface area (Å²) in [6, 6.07) is 4.05. The van der Waals surface area contributed by atoms with Crippen LogP contribution >= 0.6 is 0 Å². The monoisotopic (exact) mass is 210 g/mol. The molecule has 0 spiro atoms. The largest absolute Gasteiger partial charge is 0.460 e. The SMILES string of the molecule is CCOC(=O)C(=O)c1ccc(C)cc1F. The van der Waals surface area contributed by atoms with Crippen molar-refractivity contribution in [2.75, 3.05) is 6.61 Å². The number of carbonyl (C=O) groups is 2. The molecule has 0 fully saturated rings. The van der Waals surface area contributed by atoms with Gasteiger partial charge in [-0.15, -0.1) is 0 Å². The zero-order valence-electron chi connectivity index (χ0n) is 8.54. The first-order chi connectivity index (χ1) is 7.06. The Kier molecular flexibility index (Phi) is 3.55. The third kappa shape index (κ3) is 2.62. The Morgan fingerprint density at radius 1 is 1.40 bits per heavy atom. The smallest absolute Gasteiger partial charge is 0.379 e. The van der Waals surface area contributed by atoms with Crippen LogP contribution in [0.5, 0.6) is 0 Å². The minimum Gasteiger partial charge on any atom is -0.460 e. The van der Waals surface area contributed by atoms with Gasteiger partial charge in [0.2, 0.25) is 0 Å². The number of halogens is 1. The Bertz CT molecular complexity index is 399. The van der Waals surface area contributed by atoms with E-state index in [4.69, 9.17) is 0 Å². The van der Waals surface area contributed by atoms with E-state index in [1.165, 1.54) is 12.1 Å². The first-order valence-corrected chi connectivity index (χ1v) is 4.54. The zero-order chi connectivity index (χ0) is 11.4. The molecule has 0 saturated heterocycles. The number of rotatable bonds is 3. The number of carbonyl (C=O) groups excluding carboxylic acids is 2. The summed E-state index contributed by atoms with van der Waals surface area (Å²) in [6.07, 6.45) is 0. The van der Waals surface area contributed by atoms with Gasteiger partial charge in [-0.25, -0.2) is 9.18 Å². The average Bonchev–Trinajstić information content (AvgIpc) is 2.17. The number of ketones is 1. The van der Waals surface area contributed by atoms with Crippen molar-refractivity contribution in [3.8, 4) is 0 Å². The number of benzene rings is 1. The molecule has 0 amide bonds. The van der Waals surface area contributed by atoms with Gasteiger partial charge in [0.25, 0.3) is 5.78 Å². The van der Waals surface area contributed by atoms with Crippen LogP contribution in [0.2, 0.25) is 0 Å². The third-order valence-electron chi connectivity index (χ3n) is 1.83. The van der Waals surface area contributed by atoms with E-state index in [0.717, 1.165) is 0 Å². The van der Waals surface area contributed by atoms with E-state index in [0.29, 0.717) is 5.56 Å². The molecule has 0 atom stereocenters. The lowest BCUT2D eigenvalue weighted by Gasteiger charge is -2.02. The van der Waals surface area contributed by atoms with Crippen molar-refractivity contribution < 1.29 is 18.7 Å². The van der Waals surface area contributed by atoms with Gasteiger partial charge in [0.05, 0.1) is 12.2 Å². The van der Waals surface area contributed by atoms with E-state index in [1.54, 1.807) is 19.9 Å². The Balaban J connectivity index is 2.96. The fourth-order valence-corrected chi connectivity index (χ4v) is 1.11. The standard InChI is InChI=1S/C11H11FO3/c1-3-15-11(14)10(13)8-5-4-7(2)6-9(8)12/h4-6H,3H2,1-2H3. The van der Waals surface area contributed by atoms with Gasteiger partial charge in [-0.3, -0.25) is 4.79 Å². The molecule has 1 aromatic carbocycles. The van der Waals surface area contributed by atoms with Gasteiger partial charge < -0.3 is 4.74 Å². The molecule has 0 aliphatic carbocycles. The highest BCUT2D eigenvalue weighted by Crippen LogP contribution is 2.11. The highest BCUT2D eigenvalue weighted by atomic mass is 19.1. The summed E-state index contributed by atoms with van der Waals surface area (Å²) in [4.78, 5) is 22.4. The predicted molar refractivity (Wildman–Crippen MR) is 52.1 cm³/mol. The molecule has 0 unspecified atom stereocenters. The van der Waals surface area contributed by atoms with E-state index in [2.05, 4.69) is 4.74 Å². The van der Waals surface area contributed by atoms with Crippen LogP contribution in [0.25, 0.3) is 0 Å². The minimum absolute atomic E-state index is 0.0953. The van der Waals surface area contributed by atoms with E-state index in [9.17, 15) is 14.0 Å². The number of Topliss-reactive ketones (excluding diaryl/α,β-unsaturated/α-hetero) is 1. The second kappa shape index (κ2) is 4.68. The Morgan fingerprint density at radius 3 is 2.60 bits per heavy atom. The molecular formula is C11H11FO3. The highest BCUT2D eigenvalue weighted by Gasteiger charge is 2.20. The topological polar surface area (TPSA) is 43.4 Å². The van der Waals surface area contributed by atoms with Gasteiger partial charge in [-0.2, -0.15) is 0 Å². The lowest BCUT2D eigenvalue weighted by Crippen LogP contribution is -2.18. The van der Waals surface area contributed by atoms with Crippen molar-refractivity contribution in [2.24, 2.45) is 0 Å². The molecule has 15 heavy (non-hydrogen) atoms.